The van der Waals surface area contributed by atoms with Gasteiger partial charge >= 0.3 is 5.97 Å². The zero-order valence-electron chi connectivity index (χ0n) is 13.4. The Bertz CT molecular complexity index is 753. The van der Waals surface area contributed by atoms with Gasteiger partial charge in [-0.2, -0.15) is 0 Å². The van der Waals surface area contributed by atoms with E-state index in [1.807, 2.05) is 6.92 Å². The summed E-state index contributed by atoms with van der Waals surface area (Å²) < 4.78 is 24.0. The van der Waals surface area contributed by atoms with Crippen LogP contribution in [0.25, 0.3) is 0 Å². The van der Waals surface area contributed by atoms with Gasteiger partial charge in [0.05, 0.1) is 24.1 Å². The molecule has 7 heteroatoms. The van der Waals surface area contributed by atoms with E-state index in [-0.39, 0.29) is 17.1 Å². The largest absolute Gasteiger partial charge is 0.491 e. The van der Waals surface area contributed by atoms with Crippen molar-refractivity contribution in [3.8, 4) is 5.75 Å². The lowest BCUT2D eigenvalue weighted by molar-refractivity contribution is -0.136. The van der Waals surface area contributed by atoms with Crippen molar-refractivity contribution in [1.82, 2.24) is 0 Å². The predicted molar refractivity (Wildman–Crippen MR) is 84.9 cm³/mol. The summed E-state index contributed by atoms with van der Waals surface area (Å²) in [5.74, 6) is -1.84. The summed E-state index contributed by atoms with van der Waals surface area (Å²) >= 11 is 0. The molecule has 1 aromatic heterocycles. The minimum atomic E-state index is -1.10. The van der Waals surface area contributed by atoms with Crippen LogP contribution in [0.2, 0.25) is 0 Å². The van der Waals surface area contributed by atoms with Crippen molar-refractivity contribution >= 4 is 17.6 Å². The number of hydrogen-bond donors (Lipinski definition) is 2. The summed E-state index contributed by atoms with van der Waals surface area (Å²) in [6, 6.07) is 3.78. The Morgan fingerprint density at radius 1 is 1.38 bits per heavy atom. The van der Waals surface area contributed by atoms with E-state index < -0.39 is 24.1 Å². The standard InChI is InChI=1S/C17H18FNO5/c1-3-6-23-13-7-11(18)4-5-12(13)19-17(22)16-10(2)9-24-14(16)8-15(20)21/h4-5,7,9H,3,6,8H2,1-2H3,(H,19,22)(H,20,21). The molecule has 1 heterocycles. The molecule has 0 bridgehead atoms. The minimum Gasteiger partial charge on any atom is -0.491 e. The van der Waals surface area contributed by atoms with Gasteiger partial charge < -0.3 is 19.6 Å². The van der Waals surface area contributed by atoms with Gasteiger partial charge in [-0.05, 0) is 25.5 Å². The van der Waals surface area contributed by atoms with Crippen LogP contribution in [0.15, 0.2) is 28.9 Å². The van der Waals surface area contributed by atoms with Gasteiger partial charge in [-0.15, -0.1) is 0 Å². The molecule has 1 amide bonds. The lowest BCUT2D eigenvalue weighted by Gasteiger charge is -2.12. The molecular weight excluding hydrogens is 317 g/mol. The van der Waals surface area contributed by atoms with Gasteiger partial charge in [0, 0.05) is 11.6 Å². The fourth-order valence-electron chi connectivity index (χ4n) is 2.19. The molecular formula is C17H18FNO5. The quantitative estimate of drug-likeness (QED) is 0.809. The first-order chi connectivity index (χ1) is 11.4. The highest BCUT2D eigenvalue weighted by atomic mass is 19.1. The van der Waals surface area contributed by atoms with Crippen LogP contribution < -0.4 is 10.1 Å². The molecule has 2 N–H and O–H groups in total. The molecule has 0 aliphatic rings. The molecule has 0 atom stereocenters. The van der Waals surface area contributed by atoms with Crippen LogP contribution in [-0.4, -0.2) is 23.6 Å². The number of halogens is 1. The van der Waals surface area contributed by atoms with Crippen LogP contribution in [0.3, 0.4) is 0 Å². The average Bonchev–Trinajstić information content (AvgIpc) is 2.87. The Hall–Kier alpha value is -2.83. The Balaban J connectivity index is 2.27. The number of anilines is 1. The van der Waals surface area contributed by atoms with Crippen LogP contribution in [-0.2, 0) is 11.2 Å². The molecule has 0 saturated carbocycles. The minimum absolute atomic E-state index is 0.0654. The molecule has 1 aromatic carbocycles. The van der Waals surface area contributed by atoms with Gasteiger partial charge in [-0.1, -0.05) is 6.92 Å². The van der Waals surface area contributed by atoms with E-state index in [0.717, 1.165) is 6.42 Å². The second kappa shape index (κ2) is 7.63. The molecule has 0 fully saturated rings. The summed E-state index contributed by atoms with van der Waals surface area (Å²) in [7, 11) is 0. The Morgan fingerprint density at radius 2 is 2.12 bits per heavy atom. The van der Waals surface area contributed by atoms with Crippen molar-refractivity contribution in [2.24, 2.45) is 0 Å². The van der Waals surface area contributed by atoms with Crippen molar-refractivity contribution < 1.29 is 28.2 Å². The van der Waals surface area contributed by atoms with Crippen LogP contribution in [0.1, 0.15) is 35.0 Å². The number of aliphatic carboxylic acids is 1. The number of hydrogen-bond acceptors (Lipinski definition) is 4. The van der Waals surface area contributed by atoms with Crippen molar-refractivity contribution in [3.63, 3.8) is 0 Å². The maximum absolute atomic E-state index is 13.4. The number of nitrogens with one attached hydrogen (secondary N) is 1. The van der Waals surface area contributed by atoms with E-state index in [9.17, 15) is 14.0 Å². The second-order valence-electron chi connectivity index (χ2n) is 5.23. The predicted octanol–water partition coefficient (Wildman–Crippen LogP) is 3.40. The first-order valence-electron chi connectivity index (χ1n) is 7.44. The number of carboxylic acid groups (broad SMARTS) is 1. The lowest BCUT2D eigenvalue weighted by atomic mass is 10.1. The van der Waals surface area contributed by atoms with E-state index in [1.54, 1.807) is 6.92 Å². The Morgan fingerprint density at radius 3 is 2.79 bits per heavy atom. The fourth-order valence-corrected chi connectivity index (χ4v) is 2.19. The molecule has 6 nitrogen and oxygen atoms in total. The van der Waals surface area contributed by atoms with Crippen molar-refractivity contribution in [1.29, 1.82) is 0 Å². The maximum Gasteiger partial charge on any atom is 0.311 e. The molecule has 128 valence electrons. The number of benzene rings is 1. The molecule has 0 radical (unpaired) electrons. The second-order valence-corrected chi connectivity index (χ2v) is 5.23. The number of ether oxygens (including phenoxy) is 1. The monoisotopic (exact) mass is 335 g/mol. The van der Waals surface area contributed by atoms with E-state index in [4.69, 9.17) is 14.3 Å². The highest BCUT2D eigenvalue weighted by Gasteiger charge is 2.21. The third kappa shape index (κ3) is 4.13. The molecule has 24 heavy (non-hydrogen) atoms. The zero-order chi connectivity index (χ0) is 17.7. The average molecular weight is 335 g/mol. The van der Waals surface area contributed by atoms with Crippen molar-refractivity contribution in [2.45, 2.75) is 26.7 Å². The SMILES string of the molecule is CCCOc1cc(F)ccc1NC(=O)c1c(C)coc1CC(=O)O. The van der Waals surface area contributed by atoms with Gasteiger partial charge in [0.1, 0.15) is 23.7 Å². The lowest BCUT2D eigenvalue weighted by Crippen LogP contribution is -2.16. The molecule has 0 spiro atoms. The van der Waals surface area contributed by atoms with Crippen LogP contribution >= 0.6 is 0 Å². The van der Waals surface area contributed by atoms with Gasteiger partial charge in [-0.3, -0.25) is 9.59 Å². The molecule has 0 aliphatic carbocycles. The molecule has 0 aliphatic heterocycles. The van der Waals surface area contributed by atoms with Crippen LogP contribution in [0.5, 0.6) is 5.75 Å². The number of carbonyl (C=O) groups is 2. The number of furan rings is 1. The topological polar surface area (TPSA) is 88.8 Å². The summed E-state index contributed by atoms with van der Waals surface area (Å²) in [6.07, 6.45) is 1.65. The zero-order valence-corrected chi connectivity index (χ0v) is 13.4. The van der Waals surface area contributed by atoms with Gasteiger partial charge in [0.25, 0.3) is 5.91 Å². The van der Waals surface area contributed by atoms with Crippen LogP contribution in [0.4, 0.5) is 10.1 Å². The highest BCUT2D eigenvalue weighted by molar-refractivity contribution is 6.07. The number of carboxylic acids is 1. The number of carbonyl (C=O) groups excluding carboxylic acids is 1. The third-order valence-corrected chi connectivity index (χ3v) is 3.24. The molecule has 2 aromatic rings. The van der Waals surface area contributed by atoms with Gasteiger partial charge in [0.2, 0.25) is 0 Å². The first-order valence-corrected chi connectivity index (χ1v) is 7.44. The van der Waals surface area contributed by atoms with Crippen molar-refractivity contribution in [3.05, 3.63) is 47.2 Å². The van der Waals surface area contributed by atoms with Crippen LogP contribution in [0, 0.1) is 12.7 Å². The Kier molecular flexibility index (Phi) is 5.57. The first kappa shape index (κ1) is 17.5. The maximum atomic E-state index is 13.4. The molecule has 2 rings (SSSR count). The molecule has 0 saturated heterocycles. The van der Waals surface area contributed by atoms with E-state index >= 15 is 0 Å². The summed E-state index contributed by atoms with van der Waals surface area (Å²) in [5, 5.41) is 11.5. The normalized spacial score (nSPS) is 10.5. The van der Waals surface area contributed by atoms with Gasteiger partial charge in [0.15, 0.2) is 0 Å². The summed E-state index contributed by atoms with van der Waals surface area (Å²) in [4.78, 5) is 23.4. The number of amides is 1. The highest BCUT2D eigenvalue weighted by Crippen LogP contribution is 2.27. The third-order valence-electron chi connectivity index (χ3n) is 3.24. The molecule has 0 unspecified atom stereocenters. The summed E-state index contributed by atoms with van der Waals surface area (Å²) in [5.41, 5.74) is 0.974. The number of rotatable bonds is 7. The van der Waals surface area contributed by atoms with Crippen molar-refractivity contribution in [2.75, 3.05) is 11.9 Å². The summed E-state index contributed by atoms with van der Waals surface area (Å²) in [6.45, 7) is 3.93. The Labute approximate surface area is 138 Å². The van der Waals surface area contributed by atoms with E-state index in [1.165, 1.54) is 24.5 Å². The number of aryl methyl sites for hydroxylation is 1. The van der Waals surface area contributed by atoms with Gasteiger partial charge in [-0.25, -0.2) is 4.39 Å². The van der Waals surface area contributed by atoms with E-state index in [2.05, 4.69) is 5.32 Å². The fraction of sp³-hybridized carbons (Fsp3) is 0.294. The van der Waals surface area contributed by atoms with E-state index in [0.29, 0.717) is 17.9 Å². The smallest absolute Gasteiger partial charge is 0.311 e.